The molecule has 0 aliphatic heterocycles. The number of aliphatic carboxylic acids is 1. The van der Waals surface area contributed by atoms with E-state index in [4.69, 9.17) is 5.73 Å². The third kappa shape index (κ3) is 8.41. The van der Waals surface area contributed by atoms with Crippen LogP contribution in [0.25, 0.3) is 0 Å². The van der Waals surface area contributed by atoms with Gasteiger partial charge in [-0.25, -0.2) is 9.78 Å². The fourth-order valence-corrected chi connectivity index (χ4v) is 3.26. The smallest absolute Gasteiger partial charge is 0.326 e. The highest BCUT2D eigenvalue weighted by atomic mass is 16.4. The number of aliphatic hydroxyl groups excluding tert-OH is 1. The molecule has 1 heterocycles. The molecule has 12 heteroatoms. The van der Waals surface area contributed by atoms with Crippen LogP contribution in [0, 0.1) is 11.8 Å². The van der Waals surface area contributed by atoms with Gasteiger partial charge in [0.25, 0.3) is 0 Å². The lowest BCUT2D eigenvalue weighted by Gasteiger charge is -2.29. The van der Waals surface area contributed by atoms with Gasteiger partial charge in [0.1, 0.15) is 18.1 Å². The SMILES string of the molecule is CCC(C)C(NC(=O)C(NC(=O)C(NC(=O)C(N)Cc1cnc[nH]1)C(C)CC)C(C)O)C(=O)O. The van der Waals surface area contributed by atoms with Crippen molar-refractivity contribution in [2.75, 3.05) is 0 Å². The van der Waals surface area contributed by atoms with Crippen molar-refractivity contribution in [3.05, 3.63) is 18.2 Å². The molecule has 0 radical (unpaired) electrons. The van der Waals surface area contributed by atoms with E-state index in [1.54, 1.807) is 27.0 Å². The van der Waals surface area contributed by atoms with E-state index in [0.29, 0.717) is 18.5 Å². The molecule has 0 aliphatic rings. The van der Waals surface area contributed by atoms with Gasteiger partial charge in [-0.15, -0.1) is 0 Å². The summed E-state index contributed by atoms with van der Waals surface area (Å²) in [6, 6.07) is -4.56. The Hall–Kier alpha value is -2.99. The van der Waals surface area contributed by atoms with Gasteiger partial charge in [-0.2, -0.15) is 0 Å². The van der Waals surface area contributed by atoms with E-state index in [1.807, 2.05) is 6.92 Å². The number of carbonyl (C=O) groups is 4. The topological polar surface area (TPSA) is 200 Å². The summed E-state index contributed by atoms with van der Waals surface area (Å²) >= 11 is 0. The first-order chi connectivity index (χ1) is 15.9. The minimum atomic E-state index is -1.42. The number of nitrogens with two attached hydrogens (primary N) is 1. The Morgan fingerprint density at radius 2 is 1.44 bits per heavy atom. The number of carbonyl (C=O) groups excluding carboxylic acids is 3. The molecule has 7 atom stereocenters. The van der Waals surface area contributed by atoms with Crippen LogP contribution < -0.4 is 21.7 Å². The Labute approximate surface area is 199 Å². The first kappa shape index (κ1) is 29.0. The normalized spacial score (nSPS) is 17.4. The number of imidazole rings is 1. The zero-order valence-corrected chi connectivity index (χ0v) is 20.4. The molecule has 34 heavy (non-hydrogen) atoms. The van der Waals surface area contributed by atoms with Crippen LogP contribution in [0.4, 0.5) is 0 Å². The van der Waals surface area contributed by atoms with E-state index >= 15 is 0 Å². The van der Waals surface area contributed by atoms with Crippen LogP contribution in [-0.4, -0.2) is 74.1 Å². The lowest BCUT2D eigenvalue weighted by Crippen LogP contribution is -2.61. The highest BCUT2D eigenvalue weighted by Gasteiger charge is 2.35. The van der Waals surface area contributed by atoms with E-state index < -0.39 is 54.0 Å². The predicted octanol–water partition coefficient (Wildman–Crippen LogP) is -0.708. The molecule has 0 saturated carbocycles. The zero-order valence-electron chi connectivity index (χ0n) is 20.4. The van der Waals surface area contributed by atoms with Crippen LogP contribution in [0.2, 0.25) is 0 Å². The summed E-state index contributed by atoms with van der Waals surface area (Å²) in [5.41, 5.74) is 6.63. The van der Waals surface area contributed by atoms with Gasteiger partial charge in [0.15, 0.2) is 0 Å². The quantitative estimate of drug-likeness (QED) is 0.180. The van der Waals surface area contributed by atoms with Crippen molar-refractivity contribution in [1.29, 1.82) is 0 Å². The number of carboxylic acid groups (broad SMARTS) is 1. The molecule has 7 unspecified atom stereocenters. The molecule has 0 aliphatic carbocycles. The number of amides is 3. The van der Waals surface area contributed by atoms with Crippen LogP contribution in [0.5, 0.6) is 0 Å². The molecular formula is C22H38N6O6. The van der Waals surface area contributed by atoms with E-state index in [-0.39, 0.29) is 18.3 Å². The average Bonchev–Trinajstić information content (AvgIpc) is 3.30. The summed E-state index contributed by atoms with van der Waals surface area (Å²) in [6.07, 6.45) is 2.92. The Kier molecular flexibility index (Phi) is 11.7. The lowest BCUT2D eigenvalue weighted by molar-refractivity contribution is -0.144. The number of rotatable bonds is 14. The van der Waals surface area contributed by atoms with Crippen molar-refractivity contribution < 1.29 is 29.4 Å². The van der Waals surface area contributed by atoms with E-state index in [0.717, 1.165) is 0 Å². The second kappa shape index (κ2) is 13.7. The fraction of sp³-hybridized carbons (Fsp3) is 0.682. The number of H-pyrrole nitrogens is 1. The molecule has 192 valence electrons. The van der Waals surface area contributed by atoms with Crippen LogP contribution >= 0.6 is 0 Å². The van der Waals surface area contributed by atoms with Gasteiger partial charge >= 0.3 is 5.97 Å². The van der Waals surface area contributed by atoms with Crippen LogP contribution in [0.3, 0.4) is 0 Å². The van der Waals surface area contributed by atoms with E-state index in [2.05, 4.69) is 25.9 Å². The second-order valence-electron chi connectivity index (χ2n) is 8.70. The standard InChI is InChI=1S/C22H38N6O6/c1-6-11(3)16(26-19(30)15(23)8-14-9-24-10-25-14)20(31)28-18(13(5)29)21(32)27-17(22(33)34)12(4)7-2/h9-13,15-18,29H,6-8,23H2,1-5H3,(H,24,25)(H,26,30)(H,27,32)(H,28,31)(H,33,34). The molecule has 0 bridgehead atoms. The van der Waals surface area contributed by atoms with Gasteiger partial charge in [0, 0.05) is 18.3 Å². The Morgan fingerprint density at radius 3 is 1.91 bits per heavy atom. The third-order valence-corrected chi connectivity index (χ3v) is 5.96. The van der Waals surface area contributed by atoms with Crippen molar-refractivity contribution in [2.45, 2.75) is 84.2 Å². The van der Waals surface area contributed by atoms with Gasteiger partial charge in [-0.1, -0.05) is 40.5 Å². The van der Waals surface area contributed by atoms with Gasteiger partial charge in [0.2, 0.25) is 17.7 Å². The largest absolute Gasteiger partial charge is 0.480 e. The molecule has 1 aromatic rings. The molecule has 0 aromatic carbocycles. The molecule has 1 aromatic heterocycles. The maximum Gasteiger partial charge on any atom is 0.326 e. The summed E-state index contributed by atoms with van der Waals surface area (Å²) < 4.78 is 0. The maximum atomic E-state index is 13.1. The molecule has 12 nitrogen and oxygen atoms in total. The number of aromatic amines is 1. The lowest BCUT2D eigenvalue weighted by atomic mass is 9.96. The monoisotopic (exact) mass is 482 g/mol. The van der Waals surface area contributed by atoms with Gasteiger partial charge in [0.05, 0.1) is 18.5 Å². The highest BCUT2D eigenvalue weighted by Crippen LogP contribution is 2.11. The predicted molar refractivity (Wildman–Crippen MR) is 124 cm³/mol. The summed E-state index contributed by atoms with van der Waals surface area (Å²) in [5.74, 6) is -3.97. The number of aliphatic hydroxyl groups is 1. The Bertz CT molecular complexity index is 815. The van der Waals surface area contributed by atoms with Crippen molar-refractivity contribution in [3.8, 4) is 0 Å². The minimum Gasteiger partial charge on any atom is -0.480 e. The highest BCUT2D eigenvalue weighted by molar-refractivity contribution is 5.94. The maximum absolute atomic E-state index is 13.1. The molecule has 1 rings (SSSR count). The van der Waals surface area contributed by atoms with Crippen molar-refractivity contribution in [1.82, 2.24) is 25.9 Å². The summed E-state index contributed by atoms with van der Waals surface area (Å²) in [6.45, 7) is 8.36. The molecular weight excluding hydrogens is 444 g/mol. The van der Waals surface area contributed by atoms with Gasteiger partial charge in [-0.05, 0) is 18.8 Å². The van der Waals surface area contributed by atoms with Crippen LogP contribution in [0.1, 0.15) is 53.2 Å². The number of nitrogens with one attached hydrogen (secondary N) is 4. The third-order valence-electron chi connectivity index (χ3n) is 5.96. The van der Waals surface area contributed by atoms with Gasteiger partial charge < -0.3 is 36.9 Å². The molecule has 8 N–H and O–H groups in total. The average molecular weight is 483 g/mol. The zero-order chi connectivity index (χ0) is 26.0. The Morgan fingerprint density at radius 1 is 0.941 bits per heavy atom. The number of carboxylic acids is 1. The van der Waals surface area contributed by atoms with Gasteiger partial charge in [-0.3, -0.25) is 14.4 Å². The summed E-state index contributed by atoms with van der Waals surface area (Å²) in [7, 11) is 0. The molecule has 0 saturated heterocycles. The minimum absolute atomic E-state index is 0.186. The molecule has 0 fully saturated rings. The summed E-state index contributed by atoms with van der Waals surface area (Å²) in [4.78, 5) is 56.7. The number of aromatic nitrogens is 2. The fourth-order valence-electron chi connectivity index (χ4n) is 3.26. The number of hydrogen-bond donors (Lipinski definition) is 7. The van der Waals surface area contributed by atoms with Crippen molar-refractivity contribution in [3.63, 3.8) is 0 Å². The first-order valence-corrected chi connectivity index (χ1v) is 11.5. The molecule has 3 amide bonds. The second-order valence-corrected chi connectivity index (χ2v) is 8.70. The Balaban J connectivity index is 2.95. The van der Waals surface area contributed by atoms with Crippen molar-refractivity contribution in [2.24, 2.45) is 17.6 Å². The van der Waals surface area contributed by atoms with Crippen molar-refractivity contribution >= 4 is 23.7 Å². The molecule has 0 spiro atoms. The summed E-state index contributed by atoms with van der Waals surface area (Å²) in [5, 5.41) is 27.0. The first-order valence-electron chi connectivity index (χ1n) is 11.5. The number of nitrogens with zero attached hydrogens (tertiary/aromatic N) is 1. The van der Waals surface area contributed by atoms with Crippen LogP contribution in [0.15, 0.2) is 12.5 Å². The number of hydrogen-bond acceptors (Lipinski definition) is 7. The van der Waals surface area contributed by atoms with E-state index in [9.17, 15) is 29.4 Å². The van der Waals surface area contributed by atoms with E-state index in [1.165, 1.54) is 13.3 Å². The van der Waals surface area contributed by atoms with Crippen LogP contribution in [-0.2, 0) is 25.6 Å².